The number of nitrogens with zero attached hydrogens (tertiary/aromatic N) is 4. The first-order valence-corrected chi connectivity index (χ1v) is 8.68. The normalized spacial score (nSPS) is 22.5. The van der Waals surface area contributed by atoms with Gasteiger partial charge in [-0.2, -0.15) is 5.10 Å². The summed E-state index contributed by atoms with van der Waals surface area (Å²) in [6.07, 6.45) is 5.78. The van der Waals surface area contributed by atoms with Crippen LogP contribution in [0.5, 0.6) is 5.88 Å². The van der Waals surface area contributed by atoms with Crippen molar-refractivity contribution in [2.24, 2.45) is 7.05 Å². The van der Waals surface area contributed by atoms with E-state index in [2.05, 4.69) is 15.4 Å². The van der Waals surface area contributed by atoms with Crippen molar-refractivity contribution in [3.63, 3.8) is 0 Å². The van der Waals surface area contributed by atoms with Gasteiger partial charge in [-0.15, -0.1) is 0 Å². The standard InChI is InChI=1S/C18H21N5O3/c1-22-16(26-2)9-14(21-22)18(25)20-13-8-15(24)23(12-5-6-12)17(13)11-4-3-7-19-10-11/h3-4,7,9-10,12-13,17H,5-6,8H2,1-2H3,(H,20,25)/t13-,17+/m1/s1. The van der Waals surface area contributed by atoms with E-state index in [1.54, 1.807) is 25.5 Å². The van der Waals surface area contributed by atoms with E-state index in [9.17, 15) is 9.59 Å². The number of rotatable bonds is 5. The number of methoxy groups -OCH3 is 1. The van der Waals surface area contributed by atoms with Crippen molar-refractivity contribution in [1.29, 1.82) is 0 Å². The van der Waals surface area contributed by atoms with E-state index in [-0.39, 0.29) is 42.1 Å². The van der Waals surface area contributed by atoms with Crippen molar-refractivity contribution in [3.8, 4) is 5.88 Å². The van der Waals surface area contributed by atoms with E-state index >= 15 is 0 Å². The lowest BCUT2D eigenvalue weighted by Gasteiger charge is -2.28. The lowest BCUT2D eigenvalue weighted by molar-refractivity contribution is -0.129. The number of amides is 2. The van der Waals surface area contributed by atoms with Gasteiger partial charge >= 0.3 is 0 Å². The number of aryl methyl sites for hydroxylation is 1. The van der Waals surface area contributed by atoms with Crippen LogP contribution in [-0.2, 0) is 11.8 Å². The summed E-state index contributed by atoms with van der Waals surface area (Å²) in [4.78, 5) is 31.4. The van der Waals surface area contributed by atoms with E-state index in [0.29, 0.717) is 5.88 Å². The number of pyridine rings is 1. The number of nitrogens with one attached hydrogen (secondary N) is 1. The van der Waals surface area contributed by atoms with Gasteiger partial charge in [-0.05, 0) is 24.5 Å². The van der Waals surface area contributed by atoms with Crippen LogP contribution < -0.4 is 10.1 Å². The van der Waals surface area contributed by atoms with E-state index in [1.807, 2.05) is 17.0 Å². The third-order valence-electron chi connectivity index (χ3n) is 4.92. The molecule has 4 rings (SSSR count). The Balaban J connectivity index is 1.59. The molecule has 0 radical (unpaired) electrons. The van der Waals surface area contributed by atoms with Gasteiger partial charge in [-0.3, -0.25) is 14.6 Å². The molecular formula is C18H21N5O3. The minimum Gasteiger partial charge on any atom is -0.481 e. The lowest BCUT2D eigenvalue weighted by Crippen LogP contribution is -2.40. The molecule has 2 aliphatic rings. The van der Waals surface area contributed by atoms with Crippen LogP contribution >= 0.6 is 0 Å². The van der Waals surface area contributed by atoms with Crippen LogP contribution in [0.1, 0.15) is 41.4 Å². The molecule has 0 aromatic carbocycles. The van der Waals surface area contributed by atoms with Crippen molar-refractivity contribution in [2.45, 2.75) is 37.4 Å². The number of carbonyl (C=O) groups is 2. The van der Waals surface area contributed by atoms with Gasteiger partial charge in [0.25, 0.3) is 5.91 Å². The molecule has 2 aromatic heterocycles. The highest BCUT2D eigenvalue weighted by Crippen LogP contribution is 2.41. The van der Waals surface area contributed by atoms with Gasteiger partial charge < -0.3 is 15.0 Å². The average molecular weight is 355 g/mol. The number of hydrogen-bond donors (Lipinski definition) is 1. The van der Waals surface area contributed by atoms with Gasteiger partial charge in [-0.1, -0.05) is 6.07 Å². The maximum absolute atomic E-state index is 12.7. The number of aromatic nitrogens is 3. The Morgan fingerprint density at radius 1 is 1.38 bits per heavy atom. The zero-order chi connectivity index (χ0) is 18.3. The fraction of sp³-hybridized carbons (Fsp3) is 0.444. The topological polar surface area (TPSA) is 89.3 Å². The Morgan fingerprint density at radius 2 is 2.19 bits per heavy atom. The molecule has 136 valence electrons. The predicted molar refractivity (Wildman–Crippen MR) is 92.5 cm³/mol. The Labute approximate surface area is 151 Å². The average Bonchev–Trinajstić information content (AvgIpc) is 3.32. The zero-order valence-electron chi connectivity index (χ0n) is 14.8. The van der Waals surface area contributed by atoms with Crippen LogP contribution in [-0.4, -0.2) is 50.7 Å². The van der Waals surface area contributed by atoms with E-state index in [4.69, 9.17) is 4.74 Å². The zero-order valence-corrected chi connectivity index (χ0v) is 14.8. The van der Waals surface area contributed by atoms with Gasteiger partial charge in [0, 0.05) is 38.0 Å². The molecule has 1 saturated heterocycles. The summed E-state index contributed by atoms with van der Waals surface area (Å²) in [5, 5.41) is 7.17. The molecule has 1 aliphatic carbocycles. The highest BCUT2D eigenvalue weighted by Gasteiger charge is 2.47. The van der Waals surface area contributed by atoms with Crippen LogP contribution in [0.4, 0.5) is 0 Å². The first-order chi connectivity index (χ1) is 12.6. The molecule has 2 fully saturated rings. The quantitative estimate of drug-likeness (QED) is 0.866. The summed E-state index contributed by atoms with van der Waals surface area (Å²) in [5.41, 5.74) is 1.21. The van der Waals surface area contributed by atoms with Crippen LogP contribution in [0.15, 0.2) is 30.6 Å². The molecule has 2 atom stereocenters. The van der Waals surface area contributed by atoms with E-state index in [0.717, 1.165) is 18.4 Å². The van der Waals surface area contributed by atoms with E-state index in [1.165, 1.54) is 11.8 Å². The van der Waals surface area contributed by atoms with Crippen LogP contribution in [0, 0.1) is 0 Å². The molecule has 26 heavy (non-hydrogen) atoms. The molecule has 8 heteroatoms. The van der Waals surface area contributed by atoms with Gasteiger partial charge in [0.05, 0.1) is 19.2 Å². The van der Waals surface area contributed by atoms with Crippen molar-refractivity contribution < 1.29 is 14.3 Å². The first-order valence-electron chi connectivity index (χ1n) is 8.68. The first kappa shape index (κ1) is 16.6. The molecule has 8 nitrogen and oxygen atoms in total. The highest BCUT2D eigenvalue weighted by molar-refractivity contribution is 5.93. The molecule has 3 heterocycles. The Morgan fingerprint density at radius 3 is 2.81 bits per heavy atom. The highest BCUT2D eigenvalue weighted by atomic mass is 16.5. The molecule has 0 unspecified atom stereocenters. The molecular weight excluding hydrogens is 334 g/mol. The molecule has 0 spiro atoms. The second-order valence-electron chi connectivity index (χ2n) is 6.74. The fourth-order valence-corrected chi connectivity index (χ4v) is 3.61. The minimum absolute atomic E-state index is 0.0743. The number of hydrogen-bond acceptors (Lipinski definition) is 5. The van der Waals surface area contributed by atoms with Gasteiger partial charge in [0.15, 0.2) is 5.69 Å². The number of carbonyl (C=O) groups excluding carboxylic acids is 2. The maximum Gasteiger partial charge on any atom is 0.272 e. The summed E-state index contributed by atoms with van der Waals surface area (Å²) in [6.45, 7) is 0. The molecule has 1 aliphatic heterocycles. The van der Waals surface area contributed by atoms with Crippen molar-refractivity contribution in [2.75, 3.05) is 7.11 Å². The van der Waals surface area contributed by atoms with E-state index < -0.39 is 0 Å². The van der Waals surface area contributed by atoms with Crippen molar-refractivity contribution in [3.05, 3.63) is 41.9 Å². The number of ether oxygens (including phenoxy) is 1. The Kier molecular flexibility index (Phi) is 4.10. The summed E-state index contributed by atoms with van der Waals surface area (Å²) >= 11 is 0. The van der Waals surface area contributed by atoms with Gasteiger partial charge in [0.1, 0.15) is 0 Å². The number of likely N-dealkylation sites (tertiary alicyclic amines) is 1. The predicted octanol–water partition coefficient (Wildman–Crippen LogP) is 1.06. The Hall–Kier alpha value is -2.90. The van der Waals surface area contributed by atoms with Crippen LogP contribution in [0.2, 0.25) is 0 Å². The summed E-state index contributed by atoms with van der Waals surface area (Å²) in [6, 6.07) is 5.15. The van der Waals surface area contributed by atoms with Gasteiger partial charge in [-0.25, -0.2) is 4.68 Å². The summed E-state index contributed by atoms with van der Waals surface area (Å²) < 4.78 is 6.66. The second kappa shape index (κ2) is 6.44. The maximum atomic E-state index is 12.7. The van der Waals surface area contributed by atoms with Crippen LogP contribution in [0.25, 0.3) is 0 Å². The molecule has 2 amide bonds. The van der Waals surface area contributed by atoms with Gasteiger partial charge in [0.2, 0.25) is 11.8 Å². The monoisotopic (exact) mass is 355 g/mol. The van der Waals surface area contributed by atoms with Crippen molar-refractivity contribution in [1.82, 2.24) is 25.0 Å². The lowest BCUT2D eigenvalue weighted by atomic mass is 10.0. The minimum atomic E-state index is -0.312. The fourth-order valence-electron chi connectivity index (χ4n) is 3.61. The molecule has 2 aromatic rings. The second-order valence-corrected chi connectivity index (χ2v) is 6.74. The SMILES string of the molecule is COc1cc(C(=O)N[C@@H]2CC(=O)N(C3CC3)[C@H]2c2cccnc2)nn1C. The van der Waals surface area contributed by atoms with Crippen LogP contribution in [0.3, 0.4) is 0 Å². The summed E-state index contributed by atoms with van der Waals surface area (Å²) in [7, 11) is 3.24. The molecule has 0 bridgehead atoms. The molecule has 1 saturated carbocycles. The van der Waals surface area contributed by atoms with Crippen molar-refractivity contribution >= 4 is 11.8 Å². The summed E-state index contributed by atoms with van der Waals surface area (Å²) in [5.74, 6) is 0.263. The molecule has 1 N–H and O–H groups in total. The Bertz CT molecular complexity index is 831. The third-order valence-corrected chi connectivity index (χ3v) is 4.92. The third kappa shape index (κ3) is 2.91. The smallest absolute Gasteiger partial charge is 0.272 e. The largest absolute Gasteiger partial charge is 0.481 e.